The molecule has 1 heterocycles. The second kappa shape index (κ2) is 4.38. The number of epoxide rings is 1. The van der Waals surface area contributed by atoms with Gasteiger partial charge >= 0.3 is 0 Å². The van der Waals surface area contributed by atoms with Gasteiger partial charge in [-0.15, -0.1) is 0 Å². The van der Waals surface area contributed by atoms with Crippen LogP contribution in [0.3, 0.4) is 0 Å². The lowest BCUT2D eigenvalue weighted by molar-refractivity contribution is -0.150. The summed E-state index contributed by atoms with van der Waals surface area (Å²) in [7, 11) is 0. The van der Waals surface area contributed by atoms with E-state index in [1.165, 1.54) is 0 Å². The van der Waals surface area contributed by atoms with Crippen molar-refractivity contribution in [2.75, 3.05) is 0 Å². The molecule has 130 valence electrons. The summed E-state index contributed by atoms with van der Waals surface area (Å²) in [5.41, 5.74) is -0.851. The van der Waals surface area contributed by atoms with Crippen molar-refractivity contribution in [1.29, 1.82) is 0 Å². The van der Waals surface area contributed by atoms with Crippen molar-refractivity contribution in [3.05, 3.63) is 11.9 Å². The van der Waals surface area contributed by atoms with Gasteiger partial charge in [0.1, 0.15) is 17.2 Å². The third-order valence-electron chi connectivity index (χ3n) is 8.66. The van der Waals surface area contributed by atoms with E-state index in [1.54, 1.807) is 0 Å². The van der Waals surface area contributed by atoms with E-state index in [0.29, 0.717) is 36.5 Å². The summed E-state index contributed by atoms with van der Waals surface area (Å²) in [5, 5.41) is 0. The average Bonchev–Trinajstić information content (AvgIpc) is 3.23. The number of carbonyl (C=O) groups excluding carboxylic acids is 2. The molecule has 4 heteroatoms. The van der Waals surface area contributed by atoms with Crippen molar-refractivity contribution < 1.29 is 18.7 Å². The maximum Gasteiger partial charge on any atom is 0.142 e. The Kier molecular flexibility index (Phi) is 2.78. The summed E-state index contributed by atoms with van der Waals surface area (Å²) in [6, 6.07) is 0. The molecule has 0 N–H and O–H groups in total. The maximum absolute atomic E-state index is 13.9. The topological polar surface area (TPSA) is 46.7 Å². The zero-order valence-corrected chi connectivity index (χ0v) is 14.4. The van der Waals surface area contributed by atoms with E-state index in [1.807, 2.05) is 6.92 Å². The first-order valence-electron chi connectivity index (χ1n) is 9.43. The fourth-order valence-electron chi connectivity index (χ4n) is 7.33. The highest BCUT2D eigenvalue weighted by molar-refractivity contribution is 5.90. The highest BCUT2D eigenvalue weighted by Gasteiger charge is 2.79. The monoisotopic (exact) mass is 332 g/mol. The van der Waals surface area contributed by atoms with Crippen LogP contribution in [0.1, 0.15) is 58.8 Å². The lowest BCUT2D eigenvalue weighted by atomic mass is 9.44. The molecule has 5 rings (SSSR count). The Hall–Kier alpha value is -1.03. The van der Waals surface area contributed by atoms with Gasteiger partial charge in [0.2, 0.25) is 0 Å². The minimum Gasteiger partial charge on any atom is -0.360 e. The van der Waals surface area contributed by atoms with E-state index >= 15 is 0 Å². The van der Waals surface area contributed by atoms with Gasteiger partial charge in [-0.3, -0.25) is 9.59 Å². The van der Waals surface area contributed by atoms with Crippen LogP contribution >= 0.6 is 0 Å². The van der Waals surface area contributed by atoms with Gasteiger partial charge in [-0.2, -0.15) is 0 Å². The molecule has 0 radical (unpaired) electrons. The second-order valence-electron chi connectivity index (χ2n) is 9.14. The van der Waals surface area contributed by atoms with Crippen LogP contribution in [0.5, 0.6) is 0 Å². The molecular formula is C20H25FO3. The lowest BCUT2D eigenvalue weighted by Gasteiger charge is -2.57. The Morgan fingerprint density at radius 3 is 2.58 bits per heavy atom. The van der Waals surface area contributed by atoms with Crippen LogP contribution in [-0.4, -0.2) is 23.3 Å². The molecule has 3 nitrogen and oxygen atoms in total. The van der Waals surface area contributed by atoms with Crippen molar-refractivity contribution in [3.63, 3.8) is 0 Å². The molecule has 2 unspecified atom stereocenters. The molecule has 1 saturated heterocycles. The Balaban J connectivity index is 1.63. The first kappa shape index (κ1) is 15.2. The third-order valence-corrected chi connectivity index (χ3v) is 8.66. The summed E-state index contributed by atoms with van der Waals surface area (Å²) in [6.45, 7) is 4.14. The molecule has 4 aliphatic carbocycles. The minimum absolute atomic E-state index is 0.0154. The van der Waals surface area contributed by atoms with Gasteiger partial charge in [0, 0.05) is 18.3 Å². The summed E-state index contributed by atoms with van der Waals surface area (Å²) in [4.78, 5) is 25.5. The number of carbonyl (C=O) groups is 2. The molecule has 0 aromatic rings. The first-order chi connectivity index (χ1) is 11.4. The average molecular weight is 332 g/mol. The maximum atomic E-state index is 13.9. The summed E-state index contributed by atoms with van der Waals surface area (Å²) in [6.07, 6.45) is 5.98. The number of hydrogen-bond acceptors (Lipinski definition) is 3. The van der Waals surface area contributed by atoms with Gasteiger partial charge in [-0.1, -0.05) is 6.92 Å². The number of hydrogen-bond donors (Lipinski definition) is 0. The van der Waals surface area contributed by atoms with Crippen LogP contribution in [0.15, 0.2) is 11.9 Å². The number of ether oxygens (including phenoxy) is 1. The van der Waals surface area contributed by atoms with Crippen molar-refractivity contribution in [2.24, 2.45) is 28.6 Å². The van der Waals surface area contributed by atoms with Crippen LogP contribution in [0.2, 0.25) is 0 Å². The van der Waals surface area contributed by atoms with Crippen molar-refractivity contribution in [3.8, 4) is 0 Å². The number of fused-ring (bicyclic) bond motifs is 4. The molecule has 4 saturated carbocycles. The normalized spacial score (nSPS) is 57.2. The van der Waals surface area contributed by atoms with Crippen LogP contribution in [0.4, 0.5) is 4.39 Å². The van der Waals surface area contributed by atoms with Gasteiger partial charge in [0.25, 0.3) is 0 Å². The minimum atomic E-state index is -0.672. The smallest absolute Gasteiger partial charge is 0.142 e. The Morgan fingerprint density at radius 2 is 1.83 bits per heavy atom. The van der Waals surface area contributed by atoms with E-state index in [9.17, 15) is 14.0 Å². The molecule has 1 spiro atoms. The second-order valence-corrected chi connectivity index (χ2v) is 9.14. The van der Waals surface area contributed by atoms with Gasteiger partial charge in [-0.05, 0) is 62.4 Å². The lowest BCUT2D eigenvalue weighted by Crippen LogP contribution is -2.61. The predicted octanol–water partition coefficient (Wildman–Crippen LogP) is 3.76. The summed E-state index contributed by atoms with van der Waals surface area (Å²) >= 11 is 0. The van der Waals surface area contributed by atoms with E-state index in [4.69, 9.17) is 4.74 Å². The standard InChI is InChI=1S/C20H25FO3/c1-18-8-7-14-12(13(18)3-4-15(18)22)9-11(10-21)20-17(24-20)6-5-16(23)19(14,20)2/h10,12-14,17H,3-9H2,1-2H3/t12-,13-,14-,17?,18-,19-,20?/m0/s1. The Labute approximate surface area is 142 Å². The van der Waals surface area contributed by atoms with Crippen molar-refractivity contribution in [2.45, 2.75) is 70.5 Å². The molecule has 5 aliphatic rings. The Bertz CT molecular complexity index is 684. The number of rotatable bonds is 0. The van der Waals surface area contributed by atoms with Gasteiger partial charge < -0.3 is 4.74 Å². The van der Waals surface area contributed by atoms with Crippen molar-refractivity contribution in [1.82, 2.24) is 0 Å². The van der Waals surface area contributed by atoms with Crippen molar-refractivity contribution >= 4 is 11.6 Å². The van der Waals surface area contributed by atoms with Gasteiger partial charge in [-0.25, -0.2) is 4.39 Å². The highest BCUT2D eigenvalue weighted by Crippen LogP contribution is 2.72. The fraction of sp³-hybridized carbons (Fsp3) is 0.800. The van der Waals surface area contributed by atoms with Gasteiger partial charge in [0.05, 0.1) is 17.8 Å². The summed E-state index contributed by atoms with van der Waals surface area (Å²) in [5.74, 6) is 1.37. The van der Waals surface area contributed by atoms with E-state index in [2.05, 4.69) is 6.92 Å². The zero-order valence-electron chi connectivity index (χ0n) is 14.4. The summed E-state index contributed by atoms with van der Waals surface area (Å²) < 4.78 is 19.9. The first-order valence-corrected chi connectivity index (χ1v) is 9.43. The fourth-order valence-corrected chi connectivity index (χ4v) is 7.33. The molecule has 24 heavy (non-hydrogen) atoms. The Morgan fingerprint density at radius 1 is 1.08 bits per heavy atom. The molecule has 5 fully saturated rings. The van der Waals surface area contributed by atoms with E-state index in [-0.39, 0.29) is 29.1 Å². The zero-order chi connectivity index (χ0) is 16.9. The van der Waals surface area contributed by atoms with Crippen LogP contribution in [-0.2, 0) is 14.3 Å². The van der Waals surface area contributed by atoms with Crippen LogP contribution in [0.25, 0.3) is 0 Å². The predicted molar refractivity (Wildman–Crippen MR) is 85.8 cm³/mol. The molecule has 7 atom stereocenters. The molecule has 0 aromatic carbocycles. The van der Waals surface area contributed by atoms with Gasteiger partial charge in [0.15, 0.2) is 0 Å². The highest BCUT2D eigenvalue weighted by atomic mass is 19.1. The molecule has 0 bridgehead atoms. The number of Topliss-reactive ketones (excluding diaryl/α,β-unsaturated/α-hetero) is 2. The molecule has 1 aliphatic heterocycles. The van der Waals surface area contributed by atoms with Crippen LogP contribution < -0.4 is 0 Å². The number of ketones is 2. The third kappa shape index (κ3) is 1.41. The van der Waals surface area contributed by atoms with E-state index < -0.39 is 11.0 Å². The molecule has 0 amide bonds. The SMILES string of the molecule is C[C@]12CC[C@H]3[C@@H](CC(=CF)C45OC4CCC(=O)[C@]35C)[C@@H]1CCC2=O. The molecule has 0 aromatic heterocycles. The van der Waals surface area contributed by atoms with E-state index in [0.717, 1.165) is 32.0 Å². The number of halogens is 1. The quantitative estimate of drug-likeness (QED) is 0.635. The van der Waals surface area contributed by atoms with Crippen LogP contribution in [0, 0.1) is 28.6 Å². The largest absolute Gasteiger partial charge is 0.360 e. The molecular weight excluding hydrogens is 307 g/mol.